The molecule has 0 saturated heterocycles. The number of hydrogen-bond donors (Lipinski definition) is 2. The van der Waals surface area contributed by atoms with Crippen LogP contribution in [0.5, 0.6) is 0 Å². The Bertz CT molecular complexity index is 399. The number of carbonyl (C=O) groups is 1. The zero-order chi connectivity index (χ0) is 12.3. The highest BCUT2D eigenvalue weighted by Crippen LogP contribution is 2.30. The van der Waals surface area contributed by atoms with Crippen LogP contribution in [0, 0.1) is 0 Å². The van der Waals surface area contributed by atoms with E-state index in [-0.39, 0.29) is 5.91 Å². The van der Waals surface area contributed by atoms with Gasteiger partial charge in [0, 0.05) is 15.9 Å². The Kier molecular flexibility index (Phi) is 4.22. The van der Waals surface area contributed by atoms with Crippen LogP contribution in [0.2, 0.25) is 0 Å². The summed E-state index contributed by atoms with van der Waals surface area (Å²) in [7, 11) is 0. The fraction of sp³-hybridized carbons (Fsp3) is 0.583. The van der Waals surface area contributed by atoms with Crippen molar-refractivity contribution in [3.05, 3.63) is 20.8 Å². The first-order valence-electron chi connectivity index (χ1n) is 5.91. The largest absolute Gasteiger partial charge is 0.368 e. The van der Waals surface area contributed by atoms with Crippen molar-refractivity contribution in [2.75, 3.05) is 0 Å². The van der Waals surface area contributed by atoms with E-state index in [4.69, 9.17) is 5.73 Å². The molecular weight excluding hydrogens is 300 g/mol. The lowest BCUT2D eigenvalue weighted by atomic mass is 9.81. The van der Waals surface area contributed by atoms with E-state index in [1.165, 1.54) is 11.3 Å². The normalized spacial score (nSPS) is 19.1. The molecule has 1 heterocycles. The van der Waals surface area contributed by atoms with E-state index in [1.54, 1.807) is 11.3 Å². The SMILES string of the molecule is NC(=O)C1(NCc2sccc2Br)CCCCC1. The van der Waals surface area contributed by atoms with Gasteiger partial charge in [0.1, 0.15) is 0 Å². The smallest absolute Gasteiger partial charge is 0.237 e. The summed E-state index contributed by atoms with van der Waals surface area (Å²) < 4.78 is 1.10. The summed E-state index contributed by atoms with van der Waals surface area (Å²) in [6.45, 7) is 0.710. The van der Waals surface area contributed by atoms with E-state index in [0.29, 0.717) is 6.54 Å². The van der Waals surface area contributed by atoms with Crippen LogP contribution in [0.15, 0.2) is 15.9 Å². The Labute approximate surface area is 114 Å². The van der Waals surface area contributed by atoms with Crippen LogP contribution < -0.4 is 11.1 Å². The molecule has 1 aromatic rings. The first-order valence-corrected chi connectivity index (χ1v) is 7.58. The van der Waals surface area contributed by atoms with Crippen LogP contribution >= 0.6 is 27.3 Å². The summed E-state index contributed by atoms with van der Waals surface area (Å²) in [6.07, 6.45) is 5.11. The van der Waals surface area contributed by atoms with Gasteiger partial charge in [-0.25, -0.2) is 0 Å². The quantitative estimate of drug-likeness (QED) is 0.897. The zero-order valence-electron chi connectivity index (χ0n) is 9.67. The van der Waals surface area contributed by atoms with Crippen molar-refractivity contribution in [1.82, 2.24) is 5.32 Å². The molecule has 1 aliphatic rings. The standard InChI is InChI=1S/C12H17BrN2OS/c13-9-4-7-17-10(9)8-15-12(11(14)16)5-2-1-3-6-12/h4,7,15H,1-3,5-6,8H2,(H2,14,16). The highest BCUT2D eigenvalue weighted by Gasteiger charge is 2.37. The maximum atomic E-state index is 11.7. The Morgan fingerprint density at radius 2 is 2.18 bits per heavy atom. The number of nitrogens with two attached hydrogens (primary N) is 1. The number of halogens is 1. The molecule has 5 heteroatoms. The molecule has 2 rings (SSSR count). The molecule has 1 fully saturated rings. The van der Waals surface area contributed by atoms with E-state index < -0.39 is 5.54 Å². The number of rotatable bonds is 4. The summed E-state index contributed by atoms with van der Waals surface area (Å²) in [5, 5.41) is 5.42. The molecule has 0 spiro atoms. The number of carbonyl (C=O) groups excluding carboxylic acids is 1. The molecule has 1 saturated carbocycles. The van der Waals surface area contributed by atoms with Crippen LogP contribution in [0.3, 0.4) is 0 Å². The molecule has 3 N–H and O–H groups in total. The Hall–Kier alpha value is -0.390. The van der Waals surface area contributed by atoms with E-state index in [2.05, 4.69) is 21.2 Å². The van der Waals surface area contributed by atoms with Crippen LogP contribution in [-0.2, 0) is 11.3 Å². The number of hydrogen-bond acceptors (Lipinski definition) is 3. The van der Waals surface area contributed by atoms with E-state index in [1.807, 2.05) is 11.4 Å². The van der Waals surface area contributed by atoms with Gasteiger partial charge in [-0.1, -0.05) is 19.3 Å². The van der Waals surface area contributed by atoms with Gasteiger partial charge in [0.15, 0.2) is 0 Å². The van der Waals surface area contributed by atoms with Crippen molar-refractivity contribution in [2.45, 2.75) is 44.2 Å². The zero-order valence-corrected chi connectivity index (χ0v) is 12.1. The number of amides is 1. The molecular formula is C12H17BrN2OS. The third-order valence-corrected chi connectivity index (χ3v) is 5.38. The molecule has 0 aliphatic heterocycles. The average Bonchev–Trinajstić information content (AvgIpc) is 2.73. The van der Waals surface area contributed by atoms with Crippen molar-refractivity contribution in [3.8, 4) is 0 Å². The van der Waals surface area contributed by atoms with Gasteiger partial charge in [-0.15, -0.1) is 11.3 Å². The third-order valence-electron chi connectivity index (χ3n) is 3.46. The summed E-state index contributed by atoms with van der Waals surface area (Å²) >= 11 is 5.19. The van der Waals surface area contributed by atoms with Gasteiger partial charge in [0.25, 0.3) is 0 Å². The maximum absolute atomic E-state index is 11.7. The van der Waals surface area contributed by atoms with Crippen LogP contribution in [0.1, 0.15) is 37.0 Å². The van der Waals surface area contributed by atoms with Gasteiger partial charge in [-0.2, -0.15) is 0 Å². The van der Waals surface area contributed by atoms with Gasteiger partial charge < -0.3 is 5.73 Å². The fourth-order valence-corrected chi connectivity index (χ4v) is 3.80. The number of primary amides is 1. The number of thiophene rings is 1. The molecule has 1 aliphatic carbocycles. The van der Waals surface area contributed by atoms with Gasteiger partial charge in [-0.05, 0) is 40.2 Å². The maximum Gasteiger partial charge on any atom is 0.237 e. The molecule has 0 bridgehead atoms. The second-order valence-electron chi connectivity index (χ2n) is 4.55. The van der Waals surface area contributed by atoms with Crippen molar-refractivity contribution in [1.29, 1.82) is 0 Å². The topological polar surface area (TPSA) is 55.1 Å². The van der Waals surface area contributed by atoms with E-state index >= 15 is 0 Å². The van der Waals surface area contributed by atoms with Gasteiger partial charge >= 0.3 is 0 Å². The van der Waals surface area contributed by atoms with Crippen molar-refractivity contribution >= 4 is 33.2 Å². The first kappa shape index (κ1) is 13.1. The predicted molar refractivity (Wildman–Crippen MR) is 73.9 cm³/mol. The lowest BCUT2D eigenvalue weighted by Crippen LogP contribution is -2.56. The van der Waals surface area contributed by atoms with E-state index in [0.717, 1.165) is 30.2 Å². The number of nitrogens with one attached hydrogen (secondary N) is 1. The fourth-order valence-electron chi connectivity index (χ4n) is 2.37. The van der Waals surface area contributed by atoms with Crippen LogP contribution in [0.4, 0.5) is 0 Å². The summed E-state index contributed by atoms with van der Waals surface area (Å²) in [5.41, 5.74) is 5.09. The molecule has 0 atom stereocenters. The summed E-state index contributed by atoms with van der Waals surface area (Å²) in [5.74, 6) is -0.204. The monoisotopic (exact) mass is 316 g/mol. The van der Waals surface area contributed by atoms with Crippen molar-refractivity contribution < 1.29 is 4.79 Å². The third kappa shape index (κ3) is 2.89. The average molecular weight is 317 g/mol. The first-order chi connectivity index (χ1) is 8.14. The minimum atomic E-state index is -0.484. The molecule has 1 aromatic heterocycles. The highest BCUT2D eigenvalue weighted by atomic mass is 79.9. The molecule has 94 valence electrons. The lowest BCUT2D eigenvalue weighted by Gasteiger charge is -2.35. The Balaban J connectivity index is 2.03. The van der Waals surface area contributed by atoms with E-state index in [9.17, 15) is 4.79 Å². The highest BCUT2D eigenvalue weighted by molar-refractivity contribution is 9.10. The minimum Gasteiger partial charge on any atom is -0.368 e. The molecule has 1 amide bonds. The summed E-state index contributed by atoms with van der Waals surface area (Å²) in [4.78, 5) is 12.9. The minimum absolute atomic E-state index is 0.204. The van der Waals surface area contributed by atoms with Crippen LogP contribution in [0.25, 0.3) is 0 Å². The molecule has 17 heavy (non-hydrogen) atoms. The van der Waals surface area contributed by atoms with Gasteiger partial charge in [0.05, 0.1) is 5.54 Å². The van der Waals surface area contributed by atoms with Gasteiger partial charge in [-0.3, -0.25) is 10.1 Å². The molecule has 0 unspecified atom stereocenters. The Morgan fingerprint density at radius 1 is 1.47 bits per heavy atom. The molecule has 3 nitrogen and oxygen atoms in total. The van der Waals surface area contributed by atoms with Crippen LogP contribution in [-0.4, -0.2) is 11.4 Å². The second-order valence-corrected chi connectivity index (χ2v) is 6.41. The Morgan fingerprint density at radius 3 is 2.71 bits per heavy atom. The summed E-state index contributed by atoms with van der Waals surface area (Å²) in [6, 6.07) is 2.03. The van der Waals surface area contributed by atoms with Gasteiger partial charge in [0.2, 0.25) is 5.91 Å². The predicted octanol–water partition coefficient (Wildman–Crippen LogP) is 2.79. The van der Waals surface area contributed by atoms with Crippen molar-refractivity contribution in [3.63, 3.8) is 0 Å². The second kappa shape index (κ2) is 5.50. The molecule has 0 radical (unpaired) electrons. The molecule has 0 aromatic carbocycles. The lowest BCUT2D eigenvalue weighted by molar-refractivity contribution is -0.125. The van der Waals surface area contributed by atoms with Crippen molar-refractivity contribution in [2.24, 2.45) is 5.73 Å².